The zero-order chi connectivity index (χ0) is 25.2. The lowest BCUT2D eigenvalue weighted by molar-refractivity contribution is 0.269. The molecule has 180 valence electrons. The number of halogens is 1. The number of nitrogens with zero attached hydrogens (tertiary/aromatic N) is 1. The first kappa shape index (κ1) is 23.3. The molecule has 36 heavy (non-hydrogen) atoms. The molecule has 4 aromatic rings. The maximum atomic E-state index is 13.1. The molecule has 0 saturated carbocycles. The second-order valence-corrected chi connectivity index (χ2v) is 8.54. The van der Waals surface area contributed by atoms with Gasteiger partial charge in [0.2, 0.25) is 5.88 Å². The van der Waals surface area contributed by atoms with Crippen LogP contribution in [0.25, 0.3) is 11.0 Å². The summed E-state index contributed by atoms with van der Waals surface area (Å²) in [5.74, 6) is 0.405. The summed E-state index contributed by atoms with van der Waals surface area (Å²) in [5, 5.41) is 11.1. The SMILES string of the molecule is CCOc1cc(C2C(C#N)=C(N)Oc3c2c(=O)oc2ccccc32)ccc1OCc1ccc(Cl)cc1. The monoisotopic (exact) mass is 500 g/mol. The van der Waals surface area contributed by atoms with Gasteiger partial charge in [0.05, 0.1) is 23.5 Å². The first-order valence-electron chi connectivity index (χ1n) is 11.3. The molecule has 1 unspecified atom stereocenters. The Morgan fingerprint density at radius 2 is 1.83 bits per heavy atom. The number of hydrogen-bond acceptors (Lipinski definition) is 7. The van der Waals surface area contributed by atoms with Crippen molar-refractivity contribution in [1.82, 2.24) is 0 Å². The molecule has 0 radical (unpaired) electrons. The Bertz CT molecular complexity index is 1580. The number of rotatable bonds is 6. The zero-order valence-electron chi connectivity index (χ0n) is 19.3. The highest BCUT2D eigenvalue weighted by molar-refractivity contribution is 6.30. The van der Waals surface area contributed by atoms with E-state index in [0.717, 1.165) is 5.56 Å². The van der Waals surface area contributed by atoms with Gasteiger partial charge in [0.15, 0.2) is 17.2 Å². The second-order valence-electron chi connectivity index (χ2n) is 8.11. The number of allylic oxidation sites excluding steroid dienone is 1. The average molecular weight is 501 g/mol. The number of nitrogens with two attached hydrogens (primary N) is 1. The summed E-state index contributed by atoms with van der Waals surface area (Å²) in [7, 11) is 0. The lowest BCUT2D eigenvalue weighted by Crippen LogP contribution is -2.26. The van der Waals surface area contributed by atoms with E-state index in [0.29, 0.717) is 46.3 Å². The van der Waals surface area contributed by atoms with E-state index in [1.807, 2.05) is 19.1 Å². The fourth-order valence-electron chi connectivity index (χ4n) is 4.23. The summed E-state index contributed by atoms with van der Waals surface area (Å²) in [5.41, 5.74) is 7.80. The Labute approximate surface area is 211 Å². The number of para-hydroxylation sites is 1. The van der Waals surface area contributed by atoms with Crippen LogP contribution < -0.4 is 25.6 Å². The van der Waals surface area contributed by atoms with Crippen molar-refractivity contribution in [3.05, 3.63) is 110 Å². The third kappa shape index (κ3) is 4.23. The van der Waals surface area contributed by atoms with Gasteiger partial charge in [-0.2, -0.15) is 5.26 Å². The molecule has 1 aliphatic heterocycles. The van der Waals surface area contributed by atoms with Crippen molar-refractivity contribution in [3.8, 4) is 23.3 Å². The number of ether oxygens (including phenoxy) is 3. The van der Waals surface area contributed by atoms with E-state index >= 15 is 0 Å². The fourth-order valence-corrected chi connectivity index (χ4v) is 4.36. The molecule has 3 aromatic carbocycles. The van der Waals surface area contributed by atoms with Crippen molar-refractivity contribution in [2.24, 2.45) is 5.73 Å². The molecule has 1 aromatic heterocycles. The lowest BCUT2D eigenvalue weighted by atomic mass is 9.83. The van der Waals surface area contributed by atoms with Crippen LogP contribution in [-0.4, -0.2) is 6.61 Å². The van der Waals surface area contributed by atoms with Crippen molar-refractivity contribution in [3.63, 3.8) is 0 Å². The minimum absolute atomic E-state index is 0.0632. The average Bonchev–Trinajstić information content (AvgIpc) is 2.88. The van der Waals surface area contributed by atoms with Gasteiger partial charge < -0.3 is 24.4 Å². The van der Waals surface area contributed by atoms with E-state index < -0.39 is 11.5 Å². The molecule has 1 atom stereocenters. The number of fused-ring (bicyclic) bond motifs is 3. The lowest BCUT2D eigenvalue weighted by Gasteiger charge is -2.26. The van der Waals surface area contributed by atoms with Gasteiger partial charge in [0.1, 0.15) is 23.8 Å². The summed E-state index contributed by atoms with van der Waals surface area (Å²) < 4.78 is 23.2. The zero-order valence-corrected chi connectivity index (χ0v) is 20.0. The third-order valence-corrected chi connectivity index (χ3v) is 6.13. The van der Waals surface area contributed by atoms with Crippen LogP contribution in [-0.2, 0) is 6.61 Å². The van der Waals surface area contributed by atoms with Crippen LogP contribution in [0, 0.1) is 11.3 Å². The molecule has 0 amide bonds. The summed E-state index contributed by atoms with van der Waals surface area (Å²) in [4.78, 5) is 13.1. The van der Waals surface area contributed by atoms with Gasteiger partial charge in [0.25, 0.3) is 0 Å². The maximum absolute atomic E-state index is 13.1. The summed E-state index contributed by atoms with van der Waals surface area (Å²) in [6.45, 7) is 2.56. The molecule has 1 aliphatic rings. The van der Waals surface area contributed by atoms with E-state index in [9.17, 15) is 10.1 Å². The predicted octanol–water partition coefficient (Wildman–Crippen LogP) is 5.64. The number of benzene rings is 3. The Balaban J connectivity index is 1.59. The van der Waals surface area contributed by atoms with Gasteiger partial charge in [-0.05, 0) is 54.4 Å². The van der Waals surface area contributed by atoms with Crippen LogP contribution in [0.1, 0.15) is 29.5 Å². The topological polar surface area (TPSA) is 108 Å². The van der Waals surface area contributed by atoms with E-state index in [-0.39, 0.29) is 22.8 Å². The minimum Gasteiger partial charge on any atom is -0.490 e. The molecule has 2 N–H and O–H groups in total. The quantitative estimate of drug-likeness (QED) is 0.341. The molecule has 0 spiro atoms. The highest BCUT2D eigenvalue weighted by atomic mass is 35.5. The Kier molecular flexibility index (Phi) is 6.28. The van der Waals surface area contributed by atoms with Crippen LogP contribution in [0.15, 0.2) is 87.4 Å². The van der Waals surface area contributed by atoms with Crippen molar-refractivity contribution >= 4 is 22.6 Å². The van der Waals surface area contributed by atoms with Crippen LogP contribution in [0.2, 0.25) is 5.02 Å². The standard InChI is InChI=1S/C28H21ClN2O5/c1-2-33-23-13-17(9-12-22(23)34-15-16-7-10-18(29)11-8-16)24-20(14-30)27(31)36-26-19-5-3-4-6-21(19)35-28(32)25(24)26/h3-13,24H,2,15,31H2,1H3. The number of hydrogen-bond donors (Lipinski definition) is 1. The third-order valence-electron chi connectivity index (χ3n) is 5.88. The fraction of sp³-hybridized carbons (Fsp3) is 0.143. The van der Waals surface area contributed by atoms with Gasteiger partial charge in [-0.3, -0.25) is 0 Å². The van der Waals surface area contributed by atoms with E-state index in [1.54, 1.807) is 54.6 Å². The van der Waals surface area contributed by atoms with Crippen molar-refractivity contribution in [2.45, 2.75) is 19.4 Å². The van der Waals surface area contributed by atoms with Crippen LogP contribution in [0.4, 0.5) is 0 Å². The van der Waals surface area contributed by atoms with Crippen LogP contribution in [0.3, 0.4) is 0 Å². The van der Waals surface area contributed by atoms with Gasteiger partial charge in [-0.1, -0.05) is 41.9 Å². The smallest absolute Gasteiger partial charge is 0.344 e. The van der Waals surface area contributed by atoms with Gasteiger partial charge in [-0.25, -0.2) is 4.79 Å². The highest BCUT2D eigenvalue weighted by Crippen LogP contribution is 2.45. The first-order valence-corrected chi connectivity index (χ1v) is 11.6. The van der Waals surface area contributed by atoms with E-state index in [4.69, 9.17) is 36.0 Å². The normalized spacial score (nSPS) is 14.6. The Hall–Kier alpha value is -4.41. The van der Waals surface area contributed by atoms with Crippen LogP contribution in [0.5, 0.6) is 17.2 Å². The molecule has 8 heteroatoms. The molecule has 0 bridgehead atoms. The van der Waals surface area contributed by atoms with Gasteiger partial charge in [-0.15, -0.1) is 0 Å². The largest absolute Gasteiger partial charge is 0.490 e. The molecular weight excluding hydrogens is 480 g/mol. The van der Waals surface area contributed by atoms with Gasteiger partial charge in [0, 0.05) is 5.02 Å². The molecule has 0 aliphatic carbocycles. The maximum Gasteiger partial charge on any atom is 0.344 e. The Morgan fingerprint density at radius 3 is 2.58 bits per heavy atom. The van der Waals surface area contributed by atoms with Crippen molar-refractivity contribution in [1.29, 1.82) is 5.26 Å². The summed E-state index contributed by atoms with van der Waals surface area (Å²) in [6.07, 6.45) is 0. The summed E-state index contributed by atoms with van der Waals surface area (Å²) >= 11 is 5.97. The second kappa shape index (κ2) is 9.68. The molecule has 0 fully saturated rings. The molecule has 0 saturated heterocycles. The first-order chi connectivity index (χ1) is 17.5. The van der Waals surface area contributed by atoms with E-state index in [1.165, 1.54) is 0 Å². The highest BCUT2D eigenvalue weighted by Gasteiger charge is 2.36. The van der Waals surface area contributed by atoms with Crippen molar-refractivity contribution < 1.29 is 18.6 Å². The summed E-state index contributed by atoms with van der Waals surface area (Å²) in [6, 6.07) is 21.7. The predicted molar refractivity (Wildman–Crippen MR) is 135 cm³/mol. The molecule has 5 rings (SSSR count). The Morgan fingerprint density at radius 1 is 1.06 bits per heavy atom. The molecule has 2 heterocycles. The molecular formula is C28H21ClN2O5. The minimum atomic E-state index is -0.802. The van der Waals surface area contributed by atoms with Crippen LogP contribution >= 0.6 is 11.6 Å². The van der Waals surface area contributed by atoms with Gasteiger partial charge >= 0.3 is 5.63 Å². The molecule has 7 nitrogen and oxygen atoms in total. The number of nitriles is 1. The van der Waals surface area contributed by atoms with Crippen molar-refractivity contribution in [2.75, 3.05) is 6.61 Å². The van der Waals surface area contributed by atoms with E-state index in [2.05, 4.69) is 6.07 Å².